The third-order valence-corrected chi connectivity index (χ3v) is 6.94. The number of halogens is 1. The first-order valence-corrected chi connectivity index (χ1v) is 9.98. The van der Waals surface area contributed by atoms with E-state index in [1.807, 2.05) is 29.2 Å². The summed E-state index contributed by atoms with van der Waals surface area (Å²) in [5.74, 6) is 0. The van der Waals surface area contributed by atoms with Crippen LogP contribution in [0.25, 0.3) is 16.3 Å². The lowest BCUT2D eigenvalue weighted by Crippen LogP contribution is -3.00. The molecule has 0 aliphatic carbocycles. The van der Waals surface area contributed by atoms with Crippen molar-refractivity contribution in [2.45, 2.75) is 18.7 Å². The van der Waals surface area contributed by atoms with Gasteiger partial charge in [-0.15, -0.1) is 6.58 Å². The smallest absolute Gasteiger partial charge is 0.265 e. The first kappa shape index (κ1) is 19.5. The van der Waals surface area contributed by atoms with Crippen molar-refractivity contribution >= 4 is 45.1 Å². The van der Waals surface area contributed by atoms with E-state index >= 15 is 0 Å². The Bertz CT molecular complexity index is 1020. The molecule has 1 aromatic heterocycles. The molecule has 26 heavy (non-hydrogen) atoms. The molecule has 2 heterocycles. The number of nitrogens with zero attached hydrogens (tertiary/aromatic N) is 2. The molecule has 0 spiro atoms. The standard InChI is InChI=1S/C21H21N2S2.HI/c1-5-10-23-17-12-14(2)11-15(3)21(17)25-20(23)13-19-22(4)16-8-6-7-9-18(16)24-19;/h5-9,11-13H,1,10H2,2-4H3;1H/q+1;/p-1. The Morgan fingerprint density at radius 1 is 1.19 bits per heavy atom. The molecule has 134 valence electrons. The summed E-state index contributed by atoms with van der Waals surface area (Å²) in [4.78, 5) is 3.74. The van der Waals surface area contributed by atoms with Crippen molar-refractivity contribution in [1.29, 1.82) is 0 Å². The highest BCUT2D eigenvalue weighted by Crippen LogP contribution is 2.48. The second-order valence-electron chi connectivity index (χ2n) is 6.38. The highest BCUT2D eigenvalue weighted by atomic mass is 127. The summed E-state index contributed by atoms with van der Waals surface area (Å²) in [6.07, 6.45) is 4.29. The number of fused-ring (bicyclic) bond motifs is 2. The van der Waals surface area contributed by atoms with Gasteiger partial charge < -0.3 is 28.9 Å². The largest absolute Gasteiger partial charge is 1.00 e. The molecular formula is C21H21IN2S2. The number of benzene rings is 2. The molecule has 2 aromatic carbocycles. The average Bonchev–Trinajstić information content (AvgIpc) is 3.08. The average molecular weight is 492 g/mol. The normalized spacial score (nSPS) is 14.6. The van der Waals surface area contributed by atoms with E-state index < -0.39 is 0 Å². The Balaban J connectivity index is 0.00000196. The van der Waals surface area contributed by atoms with Crippen LogP contribution in [-0.4, -0.2) is 6.54 Å². The van der Waals surface area contributed by atoms with E-state index in [9.17, 15) is 0 Å². The first-order chi connectivity index (χ1) is 12.1. The molecular weight excluding hydrogens is 471 g/mol. The van der Waals surface area contributed by atoms with Crippen molar-refractivity contribution in [3.63, 3.8) is 0 Å². The summed E-state index contributed by atoms with van der Waals surface area (Å²) >= 11 is 3.70. The number of thiazole rings is 1. The molecule has 0 fully saturated rings. The van der Waals surface area contributed by atoms with Gasteiger partial charge in [-0.1, -0.05) is 47.4 Å². The number of para-hydroxylation sites is 1. The maximum Gasteiger partial charge on any atom is 0.265 e. The third-order valence-electron chi connectivity index (χ3n) is 4.49. The van der Waals surface area contributed by atoms with Crippen molar-refractivity contribution in [3.05, 3.63) is 70.2 Å². The highest BCUT2D eigenvalue weighted by molar-refractivity contribution is 8.04. The highest BCUT2D eigenvalue weighted by Gasteiger charge is 2.28. The van der Waals surface area contributed by atoms with Gasteiger partial charge in [0.15, 0.2) is 0 Å². The minimum atomic E-state index is 0. The van der Waals surface area contributed by atoms with Crippen LogP contribution in [0, 0.1) is 13.8 Å². The molecule has 1 aliphatic rings. The van der Waals surface area contributed by atoms with Gasteiger partial charge in [0.1, 0.15) is 11.7 Å². The van der Waals surface area contributed by atoms with Crippen LogP contribution in [-0.2, 0) is 7.05 Å². The number of hydrogen-bond acceptors (Lipinski definition) is 3. The summed E-state index contributed by atoms with van der Waals surface area (Å²) < 4.78 is 3.60. The van der Waals surface area contributed by atoms with E-state index in [0.717, 1.165) is 6.54 Å². The minimum absolute atomic E-state index is 0. The van der Waals surface area contributed by atoms with Crippen molar-refractivity contribution in [3.8, 4) is 0 Å². The van der Waals surface area contributed by atoms with Gasteiger partial charge in [0, 0.05) is 17.5 Å². The summed E-state index contributed by atoms with van der Waals surface area (Å²) in [6, 6.07) is 13.1. The van der Waals surface area contributed by atoms with Crippen LogP contribution in [0.1, 0.15) is 16.1 Å². The molecule has 0 radical (unpaired) electrons. The van der Waals surface area contributed by atoms with Crippen LogP contribution in [0.2, 0.25) is 0 Å². The molecule has 0 bridgehead atoms. The zero-order valence-corrected chi connectivity index (χ0v) is 18.9. The number of anilines is 1. The zero-order chi connectivity index (χ0) is 17.6. The maximum atomic E-state index is 3.95. The second kappa shape index (κ2) is 7.74. The predicted molar refractivity (Wildman–Crippen MR) is 110 cm³/mol. The Hall–Kier alpha value is -1.31. The molecule has 0 saturated carbocycles. The Kier molecular flexibility index (Phi) is 5.79. The SMILES string of the molecule is C=CCN1/C(=C/c2sc3ccccc3[n+]2C)Sc2c(C)cc(C)cc21.[I-]. The maximum absolute atomic E-state index is 3.95. The molecule has 0 amide bonds. The Morgan fingerprint density at radius 2 is 1.96 bits per heavy atom. The fourth-order valence-electron chi connectivity index (χ4n) is 3.32. The van der Waals surface area contributed by atoms with Gasteiger partial charge >= 0.3 is 0 Å². The van der Waals surface area contributed by atoms with Gasteiger partial charge in [-0.05, 0) is 37.1 Å². The predicted octanol–water partition coefficient (Wildman–Crippen LogP) is 2.44. The Labute approximate surface area is 180 Å². The van der Waals surface area contributed by atoms with E-state index in [2.05, 4.69) is 79.4 Å². The molecule has 0 atom stereocenters. The van der Waals surface area contributed by atoms with Gasteiger partial charge in [-0.25, -0.2) is 0 Å². The number of hydrogen-bond donors (Lipinski definition) is 0. The lowest BCUT2D eigenvalue weighted by Gasteiger charge is -2.18. The summed E-state index contributed by atoms with van der Waals surface area (Å²) in [6.45, 7) is 9.14. The van der Waals surface area contributed by atoms with Gasteiger partial charge in [0.25, 0.3) is 5.01 Å². The molecule has 0 N–H and O–H groups in total. The van der Waals surface area contributed by atoms with Crippen molar-refractivity contribution in [2.24, 2.45) is 7.05 Å². The molecule has 3 aromatic rings. The topological polar surface area (TPSA) is 7.12 Å². The molecule has 0 saturated heterocycles. The molecule has 2 nitrogen and oxygen atoms in total. The molecule has 4 rings (SSSR count). The number of aromatic nitrogens is 1. The minimum Gasteiger partial charge on any atom is -1.00 e. The van der Waals surface area contributed by atoms with E-state index in [4.69, 9.17) is 0 Å². The Morgan fingerprint density at radius 3 is 2.69 bits per heavy atom. The lowest BCUT2D eigenvalue weighted by molar-refractivity contribution is -0.642. The quantitative estimate of drug-likeness (QED) is 0.315. The van der Waals surface area contributed by atoms with Crippen LogP contribution in [0.5, 0.6) is 0 Å². The van der Waals surface area contributed by atoms with Gasteiger partial charge in [0.05, 0.1) is 16.8 Å². The van der Waals surface area contributed by atoms with E-state index in [1.165, 1.54) is 42.0 Å². The van der Waals surface area contributed by atoms with Gasteiger partial charge in [-0.3, -0.25) is 0 Å². The lowest BCUT2D eigenvalue weighted by atomic mass is 10.1. The van der Waals surface area contributed by atoms with E-state index in [-0.39, 0.29) is 24.0 Å². The van der Waals surface area contributed by atoms with Crippen LogP contribution in [0.4, 0.5) is 5.69 Å². The first-order valence-electron chi connectivity index (χ1n) is 8.35. The zero-order valence-electron chi connectivity index (χ0n) is 15.1. The number of rotatable bonds is 3. The van der Waals surface area contributed by atoms with Crippen molar-refractivity contribution in [2.75, 3.05) is 11.4 Å². The van der Waals surface area contributed by atoms with Crippen molar-refractivity contribution in [1.82, 2.24) is 0 Å². The fourth-order valence-corrected chi connectivity index (χ4v) is 5.64. The van der Waals surface area contributed by atoms with E-state index in [0.29, 0.717) is 0 Å². The number of thioether (sulfide) groups is 1. The van der Waals surface area contributed by atoms with Crippen LogP contribution in [0.15, 0.2) is 59.0 Å². The summed E-state index contributed by atoms with van der Waals surface area (Å²) in [5.41, 5.74) is 5.23. The summed E-state index contributed by atoms with van der Waals surface area (Å²) in [7, 11) is 2.14. The number of aryl methyl sites for hydroxylation is 3. The van der Waals surface area contributed by atoms with Crippen LogP contribution in [0.3, 0.4) is 0 Å². The van der Waals surface area contributed by atoms with Gasteiger partial charge in [0.2, 0.25) is 5.52 Å². The molecule has 5 heteroatoms. The molecule has 0 unspecified atom stereocenters. The second-order valence-corrected chi connectivity index (χ2v) is 8.47. The fraction of sp³-hybridized carbons (Fsp3) is 0.190. The van der Waals surface area contributed by atoms with Crippen molar-refractivity contribution < 1.29 is 28.5 Å². The monoisotopic (exact) mass is 492 g/mol. The van der Waals surface area contributed by atoms with E-state index in [1.54, 1.807) is 0 Å². The summed E-state index contributed by atoms with van der Waals surface area (Å²) in [5, 5.41) is 2.53. The molecule has 1 aliphatic heterocycles. The third kappa shape index (κ3) is 3.32. The van der Waals surface area contributed by atoms with Crippen LogP contribution < -0.4 is 33.4 Å². The van der Waals surface area contributed by atoms with Gasteiger partial charge in [-0.2, -0.15) is 4.57 Å². The van der Waals surface area contributed by atoms with Crippen LogP contribution >= 0.6 is 23.1 Å².